The van der Waals surface area contributed by atoms with Gasteiger partial charge < -0.3 is 39.5 Å². The minimum Gasteiger partial charge on any atom is -0.459 e. The largest absolute Gasteiger partial charge is 0.459 e. The number of ether oxygens (including phenoxy) is 3. The Balaban J connectivity index is 1.26. The van der Waals surface area contributed by atoms with Gasteiger partial charge in [0.2, 0.25) is 5.79 Å². The number of allylic oxidation sites excluding steroid dienone is 1. The van der Waals surface area contributed by atoms with Gasteiger partial charge >= 0.3 is 6.09 Å². The van der Waals surface area contributed by atoms with Gasteiger partial charge in [-0.3, -0.25) is 14.9 Å². The van der Waals surface area contributed by atoms with Crippen molar-refractivity contribution in [1.82, 2.24) is 10.2 Å². The summed E-state index contributed by atoms with van der Waals surface area (Å²) in [5.41, 5.74) is 4.25. The Morgan fingerprint density at radius 3 is 2.38 bits per heavy atom. The van der Waals surface area contributed by atoms with E-state index in [1.165, 1.54) is 12.1 Å². The van der Waals surface area contributed by atoms with E-state index in [1.54, 1.807) is 42.3 Å². The number of amides is 2. The van der Waals surface area contributed by atoms with Crippen LogP contribution in [0, 0.1) is 27.9 Å². The number of nitrogens with one attached hydrogen (secondary N) is 1. The normalized spacial score (nSPS) is 22.0. The molecule has 354 valence electrons. The number of carbonyl (C=O) groups excluding carboxylic acids is 2. The maximum Gasteiger partial charge on any atom is 0.412 e. The van der Waals surface area contributed by atoms with Crippen LogP contribution in [-0.4, -0.2) is 76.4 Å². The van der Waals surface area contributed by atoms with Crippen LogP contribution in [0.3, 0.4) is 0 Å². The van der Waals surface area contributed by atoms with Crippen LogP contribution in [-0.2, 0) is 22.7 Å². The van der Waals surface area contributed by atoms with Gasteiger partial charge in [0.1, 0.15) is 24.1 Å². The lowest BCUT2D eigenvalue weighted by Gasteiger charge is -2.59. The van der Waals surface area contributed by atoms with Crippen molar-refractivity contribution in [3.63, 3.8) is 0 Å². The summed E-state index contributed by atoms with van der Waals surface area (Å²) in [6.07, 6.45) is 7.59. The number of rotatable bonds is 20. The number of oxime groups is 1. The van der Waals surface area contributed by atoms with Crippen molar-refractivity contribution < 1.29 is 43.8 Å². The molecule has 5 aromatic rings. The predicted molar refractivity (Wildman–Crippen MR) is 258 cm³/mol. The minimum absolute atomic E-state index is 0.0214. The average Bonchev–Trinajstić information content (AvgIpc) is 3.36. The fraction of sp³-hybridized carbons (Fsp3) is 0.352. The number of non-ortho nitro benzene ring substituents is 1. The molecule has 1 fully saturated rings. The van der Waals surface area contributed by atoms with Crippen molar-refractivity contribution >= 4 is 34.2 Å². The number of unbranched alkanes of at least 4 members (excludes halogenated alkanes) is 2. The van der Waals surface area contributed by atoms with Crippen molar-refractivity contribution in [2.45, 2.75) is 75.8 Å². The molecule has 6 atom stereocenters. The number of hydrogen-bond acceptors (Lipinski definition) is 11. The molecular weight excluding hydrogens is 865 g/mol. The van der Waals surface area contributed by atoms with Gasteiger partial charge in [-0.25, -0.2) is 4.79 Å². The summed E-state index contributed by atoms with van der Waals surface area (Å²) >= 11 is 0. The van der Waals surface area contributed by atoms with E-state index in [2.05, 4.69) is 18.0 Å². The smallest absolute Gasteiger partial charge is 0.412 e. The Morgan fingerprint density at radius 1 is 0.912 bits per heavy atom. The third-order valence-corrected chi connectivity index (χ3v) is 13.5. The van der Waals surface area contributed by atoms with Gasteiger partial charge in [-0.05, 0) is 107 Å². The number of carbonyl (C=O) groups is 2. The molecule has 3 aliphatic rings. The lowest BCUT2D eigenvalue weighted by atomic mass is 9.55. The fourth-order valence-electron chi connectivity index (χ4n) is 10.3. The minimum atomic E-state index is -1.50. The maximum atomic E-state index is 14.9. The monoisotopic (exact) mass is 922 g/mol. The highest BCUT2D eigenvalue weighted by atomic mass is 16.7. The van der Waals surface area contributed by atoms with Crippen molar-refractivity contribution in [2.24, 2.45) is 22.9 Å². The molecule has 8 rings (SSSR count). The first-order chi connectivity index (χ1) is 33.1. The molecule has 68 heavy (non-hydrogen) atoms. The first kappa shape index (κ1) is 47.6. The molecular formula is C54H58N4O10. The highest BCUT2D eigenvalue weighted by molar-refractivity contribution is 6.04. The van der Waals surface area contributed by atoms with Gasteiger partial charge in [0, 0.05) is 62.4 Å². The second-order valence-corrected chi connectivity index (χ2v) is 17.7. The zero-order chi connectivity index (χ0) is 47.6. The SMILES string of the molecule is C=CCO[C@@]12Oc3ccc(OC(=O)NCc4ccccc4)cc3[C@H]3[C@H](CCCCO)[C@@H](CCCCO)C=C(C(=NOCc4ccc([N+](=O)[O-])cc4)C[C@@H]1N(C)C(=O)c1ccc4ccccc4c1)[C@H]32. The molecule has 14 heteroatoms. The van der Waals surface area contributed by atoms with Gasteiger partial charge in [0.25, 0.3) is 11.6 Å². The predicted octanol–water partition coefficient (Wildman–Crippen LogP) is 9.64. The van der Waals surface area contributed by atoms with Crippen LogP contribution in [0.4, 0.5) is 10.5 Å². The number of aliphatic hydroxyl groups is 2. The third kappa shape index (κ3) is 10.3. The molecule has 14 nitrogen and oxygen atoms in total. The first-order valence-corrected chi connectivity index (χ1v) is 23.3. The van der Waals surface area contributed by atoms with E-state index in [4.69, 9.17) is 24.2 Å². The molecule has 0 bridgehead atoms. The molecule has 1 saturated carbocycles. The number of likely N-dealkylation sites (N-methyl/N-ethyl adjacent to an activating group) is 1. The second-order valence-electron chi connectivity index (χ2n) is 17.7. The fourth-order valence-corrected chi connectivity index (χ4v) is 10.3. The summed E-state index contributed by atoms with van der Waals surface area (Å²) in [5, 5.41) is 41.0. The van der Waals surface area contributed by atoms with Gasteiger partial charge in [-0.2, -0.15) is 0 Å². The Kier molecular flexibility index (Phi) is 15.3. The summed E-state index contributed by atoms with van der Waals surface area (Å²) in [5.74, 6) is -1.98. The zero-order valence-corrected chi connectivity index (χ0v) is 38.2. The summed E-state index contributed by atoms with van der Waals surface area (Å²) in [6.45, 7) is 4.48. The molecule has 2 aliphatic carbocycles. The Morgan fingerprint density at radius 2 is 1.65 bits per heavy atom. The summed E-state index contributed by atoms with van der Waals surface area (Å²) in [4.78, 5) is 47.0. The third-order valence-electron chi connectivity index (χ3n) is 13.5. The van der Waals surface area contributed by atoms with Crippen molar-refractivity contribution in [2.75, 3.05) is 26.9 Å². The molecule has 2 amide bonds. The van der Waals surface area contributed by atoms with Gasteiger partial charge in [-0.1, -0.05) is 90.8 Å². The van der Waals surface area contributed by atoms with Crippen molar-refractivity contribution in [1.29, 1.82) is 0 Å². The molecule has 0 radical (unpaired) electrons. The Bertz CT molecular complexity index is 2650. The molecule has 0 aromatic heterocycles. The Labute approximate surface area is 396 Å². The average molecular weight is 923 g/mol. The zero-order valence-electron chi connectivity index (χ0n) is 38.2. The summed E-state index contributed by atoms with van der Waals surface area (Å²) < 4.78 is 20.3. The first-order valence-electron chi connectivity index (χ1n) is 23.3. The van der Waals surface area contributed by atoms with E-state index in [-0.39, 0.29) is 68.7 Å². The molecule has 5 aromatic carbocycles. The number of nitro benzene ring substituents is 1. The lowest BCUT2D eigenvalue weighted by Crippen LogP contribution is -2.69. The maximum absolute atomic E-state index is 14.9. The van der Waals surface area contributed by atoms with E-state index >= 15 is 0 Å². The summed E-state index contributed by atoms with van der Waals surface area (Å²) in [7, 11) is 1.75. The number of nitro groups is 1. The van der Waals surface area contributed by atoms with Crippen molar-refractivity contribution in [3.8, 4) is 11.5 Å². The van der Waals surface area contributed by atoms with E-state index in [0.717, 1.165) is 46.7 Å². The second kappa shape index (κ2) is 21.8. The molecule has 1 heterocycles. The van der Waals surface area contributed by atoms with Gasteiger partial charge in [-0.15, -0.1) is 6.58 Å². The molecule has 0 unspecified atom stereocenters. The van der Waals surface area contributed by atoms with Crippen LogP contribution in [0.2, 0.25) is 0 Å². The topological polar surface area (TPSA) is 182 Å². The van der Waals surface area contributed by atoms with Gasteiger partial charge in [0.15, 0.2) is 0 Å². The van der Waals surface area contributed by atoms with E-state index < -0.39 is 28.8 Å². The number of aliphatic hydroxyl groups excluding tert-OH is 2. The van der Waals surface area contributed by atoms with E-state index in [0.29, 0.717) is 47.6 Å². The molecule has 3 N–H and O–H groups in total. The van der Waals surface area contributed by atoms with Crippen molar-refractivity contribution in [3.05, 3.63) is 172 Å². The van der Waals surface area contributed by atoms with Crippen LogP contribution in [0.5, 0.6) is 11.5 Å². The number of hydrogen-bond donors (Lipinski definition) is 3. The summed E-state index contributed by atoms with van der Waals surface area (Å²) in [6, 6.07) is 33.7. The lowest BCUT2D eigenvalue weighted by molar-refractivity contribution is -0.384. The van der Waals surface area contributed by atoms with E-state index in [1.807, 2.05) is 78.9 Å². The molecule has 1 aliphatic heterocycles. The number of fused-ring (bicyclic) bond motifs is 3. The highest BCUT2D eigenvalue weighted by Crippen LogP contribution is 2.62. The number of nitrogens with zero attached hydrogens (tertiary/aromatic N) is 3. The van der Waals surface area contributed by atoms with Gasteiger partial charge in [0.05, 0.1) is 23.2 Å². The standard InChI is InChI=1S/C54H58N4O10/c1-3-29-65-54-49(57(2)52(61)41-22-21-38-15-7-8-16-39(38)30-41)33-47(56-66-35-37-19-23-42(24-20-37)58(63)64)45-31-40(17-9-11-27-59)44(18-10-12-28-60)50(51(45)54)46-32-43(25-26-48(46)68-54)67-53(62)55-34-36-13-5-4-6-14-36/h3-8,13-16,19-26,30-32,40,44,49-51,59-60H,1,9-12,17-18,27-29,33-35H2,2H3,(H,55,62)/t40-,44+,49-,50+,51+,54+/m0/s1. The quantitative estimate of drug-likeness (QED) is 0.0294. The van der Waals surface area contributed by atoms with Crippen LogP contribution in [0.1, 0.15) is 77.9 Å². The highest BCUT2D eigenvalue weighted by Gasteiger charge is 2.65. The van der Waals surface area contributed by atoms with Crippen LogP contribution >= 0.6 is 0 Å². The molecule has 0 spiro atoms. The van der Waals surface area contributed by atoms with E-state index in [9.17, 15) is 29.9 Å². The van der Waals surface area contributed by atoms with Crippen LogP contribution < -0.4 is 14.8 Å². The number of benzene rings is 5. The van der Waals surface area contributed by atoms with Crippen LogP contribution in [0.25, 0.3) is 10.8 Å². The van der Waals surface area contributed by atoms with Crippen LogP contribution in [0.15, 0.2) is 145 Å². The molecule has 0 saturated heterocycles. The Hall–Kier alpha value is -6.87.